The predicted molar refractivity (Wildman–Crippen MR) is 62.5 cm³/mol. The van der Waals surface area contributed by atoms with E-state index in [0.29, 0.717) is 17.6 Å². The molecule has 1 aromatic heterocycles. The second-order valence-corrected chi connectivity index (χ2v) is 5.17. The molecule has 2 rings (SSSR count). The van der Waals surface area contributed by atoms with E-state index in [1.165, 1.54) is 24.7 Å². The van der Waals surface area contributed by atoms with Crippen LogP contribution < -0.4 is 5.32 Å². The van der Waals surface area contributed by atoms with Crippen LogP contribution in [0.15, 0.2) is 16.5 Å². The number of hydrogen-bond acceptors (Lipinski definition) is 5. The van der Waals surface area contributed by atoms with Gasteiger partial charge in [-0.1, -0.05) is 0 Å². The van der Waals surface area contributed by atoms with Crippen molar-refractivity contribution in [3.05, 3.63) is 28.0 Å². The molecule has 1 fully saturated rings. The highest BCUT2D eigenvalue weighted by Crippen LogP contribution is 2.25. The fourth-order valence-electron chi connectivity index (χ4n) is 1.72. The van der Waals surface area contributed by atoms with Gasteiger partial charge in [-0.2, -0.15) is 11.8 Å². The number of nitrogens with one attached hydrogen (secondary N) is 1. The molecule has 0 bridgehead atoms. The van der Waals surface area contributed by atoms with Gasteiger partial charge in [-0.25, -0.2) is 0 Å². The summed E-state index contributed by atoms with van der Waals surface area (Å²) in [5.41, 5.74) is 0. The second-order valence-electron chi connectivity index (χ2n) is 3.76. The van der Waals surface area contributed by atoms with Crippen LogP contribution in [0.25, 0.3) is 0 Å². The Labute approximate surface area is 97.7 Å². The van der Waals surface area contributed by atoms with E-state index in [-0.39, 0.29) is 5.88 Å². The minimum absolute atomic E-state index is 0.188. The molecule has 1 N–H and O–H groups in total. The molecule has 88 valence electrons. The molecule has 0 amide bonds. The molecule has 1 saturated heterocycles. The summed E-state index contributed by atoms with van der Waals surface area (Å²) in [5.74, 6) is 1.68. The van der Waals surface area contributed by atoms with Crippen molar-refractivity contribution >= 4 is 17.6 Å². The third-order valence-electron chi connectivity index (χ3n) is 2.52. The zero-order valence-corrected chi connectivity index (χ0v) is 9.66. The lowest BCUT2D eigenvalue weighted by Gasteiger charge is -2.08. The van der Waals surface area contributed by atoms with Gasteiger partial charge in [-0.15, -0.1) is 0 Å². The summed E-state index contributed by atoms with van der Waals surface area (Å²) < 4.78 is 5.04. The van der Waals surface area contributed by atoms with E-state index >= 15 is 0 Å². The Morgan fingerprint density at radius 1 is 1.62 bits per heavy atom. The van der Waals surface area contributed by atoms with Gasteiger partial charge < -0.3 is 9.73 Å². The van der Waals surface area contributed by atoms with Crippen molar-refractivity contribution in [1.29, 1.82) is 0 Å². The highest BCUT2D eigenvalue weighted by Gasteiger charge is 2.15. The van der Waals surface area contributed by atoms with Gasteiger partial charge in [-0.3, -0.25) is 10.1 Å². The van der Waals surface area contributed by atoms with E-state index in [2.05, 4.69) is 5.32 Å². The number of hydrogen-bond donors (Lipinski definition) is 1. The zero-order valence-electron chi connectivity index (χ0n) is 8.85. The summed E-state index contributed by atoms with van der Waals surface area (Å²) in [6, 6.07) is 3.04. The average Bonchev–Trinajstić information content (AvgIpc) is 2.87. The van der Waals surface area contributed by atoms with Crippen LogP contribution in [0.5, 0.6) is 0 Å². The minimum atomic E-state index is -0.518. The maximum Gasteiger partial charge on any atom is 0.433 e. The Kier molecular flexibility index (Phi) is 3.84. The number of furan rings is 1. The predicted octanol–water partition coefficient (Wildman–Crippen LogP) is 2.17. The van der Waals surface area contributed by atoms with E-state index in [1.54, 1.807) is 6.07 Å². The third-order valence-corrected chi connectivity index (χ3v) is 3.92. The summed E-state index contributed by atoms with van der Waals surface area (Å²) in [6.45, 7) is 1.50. The fraction of sp³-hybridized carbons (Fsp3) is 0.600. The number of thioether (sulfide) groups is 1. The van der Waals surface area contributed by atoms with Crippen molar-refractivity contribution < 1.29 is 9.34 Å². The highest BCUT2D eigenvalue weighted by atomic mass is 32.2. The highest BCUT2D eigenvalue weighted by molar-refractivity contribution is 8.00. The van der Waals surface area contributed by atoms with Crippen molar-refractivity contribution in [3.63, 3.8) is 0 Å². The molecule has 1 atom stereocenters. The molecule has 1 unspecified atom stereocenters. The van der Waals surface area contributed by atoms with Crippen LogP contribution in [-0.2, 0) is 6.54 Å². The summed E-state index contributed by atoms with van der Waals surface area (Å²) in [5, 5.41) is 14.3. The van der Waals surface area contributed by atoms with Crippen LogP contribution >= 0.6 is 11.8 Å². The molecule has 0 spiro atoms. The lowest BCUT2D eigenvalue weighted by molar-refractivity contribution is -0.402. The molecular formula is C10H14N2O3S. The number of nitrogens with zero attached hydrogens (tertiary/aromatic N) is 1. The molecular weight excluding hydrogens is 228 g/mol. The van der Waals surface area contributed by atoms with Gasteiger partial charge in [0, 0.05) is 11.8 Å². The number of rotatable bonds is 5. The van der Waals surface area contributed by atoms with Crippen LogP contribution in [-0.4, -0.2) is 22.5 Å². The average molecular weight is 242 g/mol. The molecule has 16 heavy (non-hydrogen) atoms. The fourth-order valence-corrected chi connectivity index (χ4v) is 2.96. The molecule has 2 heterocycles. The van der Waals surface area contributed by atoms with Crippen molar-refractivity contribution in [2.45, 2.75) is 24.6 Å². The summed E-state index contributed by atoms with van der Waals surface area (Å²) in [7, 11) is 0. The first kappa shape index (κ1) is 11.5. The molecule has 0 saturated carbocycles. The van der Waals surface area contributed by atoms with Gasteiger partial charge in [0.1, 0.15) is 10.7 Å². The molecule has 1 aliphatic rings. The Morgan fingerprint density at radius 2 is 2.50 bits per heavy atom. The van der Waals surface area contributed by atoms with Gasteiger partial charge in [0.05, 0.1) is 12.6 Å². The summed E-state index contributed by atoms with van der Waals surface area (Å²) in [4.78, 5) is 9.87. The van der Waals surface area contributed by atoms with Gasteiger partial charge in [-0.05, 0) is 24.7 Å². The lowest BCUT2D eigenvalue weighted by Crippen LogP contribution is -2.22. The topological polar surface area (TPSA) is 68.3 Å². The van der Waals surface area contributed by atoms with Crippen LogP contribution in [0.2, 0.25) is 0 Å². The van der Waals surface area contributed by atoms with E-state index in [1.807, 2.05) is 11.8 Å². The van der Waals surface area contributed by atoms with Gasteiger partial charge in [0.25, 0.3) is 0 Å². The Balaban J connectivity index is 1.74. The largest absolute Gasteiger partial charge is 0.433 e. The van der Waals surface area contributed by atoms with Gasteiger partial charge in [0.2, 0.25) is 0 Å². The smallest absolute Gasteiger partial charge is 0.404 e. The van der Waals surface area contributed by atoms with Crippen LogP contribution in [0, 0.1) is 10.1 Å². The standard InChI is InChI=1S/C10H14N2O3S/c13-12(14)10-4-3-8(15-10)6-11-7-9-2-1-5-16-9/h3-4,9,11H,1-2,5-7H2. The van der Waals surface area contributed by atoms with E-state index in [0.717, 1.165) is 6.54 Å². The SMILES string of the molecule is O=[N+]([O-])c1ccc(CNCC2CCCS2)o1. The minimum Gasteiger partial charge on any atom is -0.404 e. The molecule has 1 aromatic rings. The maximum absolute atomic E-state index is 10.4. The van der Waals surface area contributed by atoms with Crippen LogP contribution in [0.4, 0.5) is 5.88 Å². The monoisotopic (exact) mass is 242 g/mol. The van der Waals surface area contributed by atoms with Crippen molar-refractivity contribution in [2.24, 2.45) is 0 Å². The van der Waals surface area contributed by atoms with Gasteiger partial charge in [0.15, 0.2) is 0 Å². The maximum atomic E-state index is 10.4. The Hall–Kier alpha value is -1.01. The van der Waals surface area contributed by atoms with E-state index in [4.69, 9.17) is 4.42 Å². The second kappa shape index (κ2) is 5.36. The normalized spacial score (nSPS) is 20.1. The first-order chi connectivity index (χ1) is 7.75. The lowest BCUT2D eigenvalue weighted by atomic mass is 10.2. The molecule has 5 nitrogen and oxygen atoms in total. The van der Waals surface area contributed by atoms with Crippen LogP contribution in [0.1, 0.15) is 18.6 Å². The Morgan fingerprint density at radius 3 is 3.12 bits per heavy atom. The molecule has 0 aromatic carbocycles. The molecule has 6 heteroatoms. The van der Waals surface area contributed by atoms with E-state index in [9.17, 15) is 10.1 Å². The zero-order chi connectivity index (χ0) is 11.4. The van der Waals surface area contributed by atoms with Crippen molar-refractivity contribution in [1.82, 2.24) is 5.32 Å². The van der Waals surface area contributed by atoms with Crippen molar-refractivity contribution in [2.75, 3.05) is 12.3 Å². The molecule has 0 radical (unpaired) electrons. The first-order valence-corrected chi connectivity index (χ1v) is 6.36. The molecule has 1 aliphatic heterocycles. The third kappa shape index (κ3) is 2.99. The van der Waals surface area contributed by atoms with E-state index < -0.39 is 4.92 Å². The molecule has 0 aliphatic carbocycles. The van der Waals surface area contributed by atoms with Crippen LogP contribution in [0.3, 0.4) is 0 Å². The summed E-state index contributed by atoms with van der Waals surface area (Å²) >= 11 is 1.99. The summed E-state index contributed by atoms with van der Waals surface area (Å²) in [6.07, 6.45) is 2.55. The quantitative estimate of drug-likeness (QED) is 0.633. The van der Waals surface area contributed by atoms with Crippen molar-refractivity contribution in [3.8, 4) is 0 Å². The number of nitro groups is 1. The van der Waals surface area contributed by atoms with Gasteiger partial charge >= 0.3 is 5.88 Å². The Bertz CT molecular complexity index is 361. The first-order valence-electron chi connectivity index (χ1n) is 5.31.